The Bertz CT molecular complexity index is 1000. The first-order valence-electron chi connectivity index (χ1n) is 10.5. The number of hydrogen-bond acceptors (Lipinski definition) is 7. The van der Waals surface area contributed by atoms with Crippen molar-refractivity contribution in [3.8, 4) is 0 Å². The van der Waals surface area contributed by atoms with Gasteiger partial charge in [0.05, 0.1) is 31.0 Å². The van der Waals surface area contributed by atoms with Crippen molar-refractivity contribution in [2.75, 3.05) is 49.1 Å². The SMILES string of the molecule is CC(=O)NC[C@H]1CN(c2ccc(N3CCN(Cc4ccc(C=O)o4)CC3)c(F)c2)C(=O)O1. The molecule has 1 N–H and O–H groups in total. The molecular weight excluding hydrogens is 419 g/mol. The average molecular weight is 444 g/mol. The van der Waals surface area contributed by atoms with Crippen LogP contribution in [0.15, 0.2) is 34.7 Å². The number of anilines is 2. The first kappa shape index (κ1) is 21.8. The molecule has 0 bridgehead atoms. The molecule has 2 fully saturated rings. The molecule has 2 aromatic rings. The summed E-state index contributed by atoms with van der Waals surface area (Å²) in [6, 6.07) is 8.16. The van der Waals surface area contributed by atoms with E-state index in [9.17, 15) is 18.8 Å². The molecule has 9 nitrogen and oxygen atoms in total. The average Bonchev–Trinajstić information content (AvgIpc) is 3.39. The summed E-state index contributed by atoms with van der Waals surface area (Å²) in [5, 5.41) is 2.62. The van der Waals surface area contributed by atoms with Crippen LogP contribution in [-0.2, 0) is 16.1 Å². The monoisotopic (exact) mass is 444 g/mol. The fourth-order valence-electron chi connectivity index (χ4n) is 3.93. The number of hydrogen-bond donors (Lipinski definition) is 1. The van der Waals surface area contributed by atoms with Crippen LogP contribution < -0.4 is 15.1 Å². The molecule has 2 amide bonds. The topological polar surface area (TPSA) is 95.3 Å². The lowest BCUT2D eigenvalue weighted by Crippen LogP contribution is -2.46. The lowest BCUT2D eigenvalue weighted by molar-refractivity contribution is -0.119. The maximum atomic E-state index is 14.9. The zero-order valence-electron chi connectivity index (χ0n) is 17.8. The van der Waals surface area contributed by atoms with E-state index in [1.165, 1.54) is 17.9 Å². The molecule has 2 aliphatic heterocycles. The number of nitrogens with zero attached hydrogens (tertiary/aromatic N) is 3. The lowest BCUT2D eigenvalue weighted by atomic mass is 10.2. The van der Waals surface area contributed by atoms with E-state index in [4.69, 9.17) is 9.15 Å². The van der Waals surface area contributed by atoms with Gasteiger partial charge in [0.15, 0.2) is 12.0 Å². The number of furan rings is 1. The van der Waals surface area contributed by atoms with Crippen LogP contribution in [0.1, 0.15) is 23.2 Å². The lowest BCUT2D eigenvalue weighted by Gasteiger charge is -2.36. The molecule has 10 heteroatoms. The maximum Gasteiger partial charge on any atom is 0.414 e. The van der Waals surface area contributed by atoms with Gasteiger partial charge >= 0.3 is 6.09 Å². The summed E-state index contributed by atoms with van der Waals surface area (Å²) >= 11 is 0. The molecule has 0 aliphatic carbocycles. The van der Waals surface area contributed by atoms with E-state index in [1.54, 1.807) is 24.3 Å². The van der Waals surface area contributed by atoms with Crippen molar-refractivity contribution < 1.29 is 27.9 Å². The Morgan fingerprint density at radius 3 is 2.66 bits per heavy atom. The molecule has 0 radical (unpaired) electrons. The first-order chi connectivity index (χ1) is 15.4. The Morgan fingerprint density at radius 2 is 2.00 bits per heavy atom. The third-order valence-electron chi connectivity index (χ3n) is 5.59. The molecule has 0 spiro atoms. The zero-order chi connectivity index (χ0) is 22.7. The van der Waals surface area contributed by atoms with Gasteiger partial charge in [-0.15, -0.1) is 0 Å². The van der Waals surface area contributed by atoms with Gasteiger partial charge in [-0.25, -0.2) is 9.18 Å². The Labute approximate surface area is 184 Å². The highest BCUT2D eigenvalue weighted by Gasteiger charge is 2.33. The molecule has 2 aliphatic rings. The van der Waals surface area contributed by atoms with Crippen LogP contribution in [0.2, 0.25) is 0 Å². The third kappa shape index (κ3) is 4.91. The molecule has 1 atom stereocenters. The zero-order valence-corrected chi connectivity index (χ0v) is 17.8. The van der Waals surface area contributed by atoms with Crippen LogP contribution >= 0.6 is 0 Å². The Morgan fingerprint density at radius 1 is 1.22 bits per heavy atom. The van der Waals surface area contributed by atoms with Crippen LogP contribution in [0.3, 0.4) is 0 Å². The maximum absolute atomic E-state index is 14.9. The number of benzene rings is 1. The minimum absolute atomic E-state index is 0.204. The number of nitrogens with one attached hydrogen (secondary N) is 1. The second kappa shape index (κ2) is 9.39. The number of carbonyl (C=O) groups excluding carboxylic acids is 3. The first-order valence-corrected chi connectivity index (χ1v) is 10.5. The quantitative estimate of drug-likeness (QED) is 0.653. The number of cyclic esters (lactones) is 1. The molecule has 0 saturated carbocycles. The van der Waals surface area contributed by atoms with Gasteiger partial charge in [0.2, 0.25) is 5.91 Å². The Balaban J connectivity index is 1.34. The highest BCUT2D eigenvalue weighted by molar-refractivity contribution is 5.90. The van der Waals surface area contributed by atoms with Crippen LogP contribution in [0.25, 0.3) is 0 Å². The Hall–Kier alpha value is -3.40. The molecule has 32 heavy (non-hydrogen) atoms. The number of piperazine rings is 1. The van der Waals surface area contributed by atoms with E-state index in [1.807, 2.05) is 4.90 Å². The largest absolute Gasteiger partial charge is 0.457 e. The van der Waals surface area contributed by atoms with Crippen molar-refractivity contribution in [3.05, 3.63) is 47.7 Å². The van der Waals surface area contributed by atoms with Gasteiger partial charge in [0.25, 0.3) is 0 Å². The van der Waals surface area contributed by atoms with E-state index in [0.29, 0.717) is 43.1 Å². The summed E-state index contributed by atoms with van der Waals surface area (Å²) in [6.07, 6.45) is -0.352. The molecule has 0 unspecified atom stereocenters. The second-order valence-electron chi connectivity index (χ2n) is 7.87. The summed E-state index contributed by atoms with van der Waals surface area (Å²) < 4.78 is 25.6. The summed E-state index contributed by atoms with van der Waals surface area (Å²) in [5.41, 5.74) is 0.904. The second-order valence-corrected chi connectivity index (χ2v) is 7.87. The van der Waals surface area contributed by atoms with Crippen molar-refractivity contribution in [2.45, 2.75) is 19.6 Å². The number of rotatable bonds is 7. The van der Waals surface area contributed by atoms with Crippen molar-refractivity contribution in [1.82, 2.24) is 10.2 Å². The minimum atomic E-state index is -0.559. The summed E-state index contributed by atoms with van der Waals surface area (Å²) in [5.74, 6) is 0.426. The summed E-state index contributed by atoms with van der Waals surface area (Å²) in [6.45, 7) is 5.18. The number of ether oxygens (including phenoxy) is 1. The fourth-order valence-corrected chi connectivity index (χ4v) is 3.93. The molecule has 1 aromatic carbocycles. The standard InChI is InChI=1S/C22H25FN4O5/c1-15(29)24-11-19-13-27(22(30)32-19)16-2-5-21(20(23)10-16)26-8-6-25(7-9-26)12-17-3-4-18(14-28)31-17/h2-5,10,14,19H,6-9,11-13H2,1H3,(H,24,29)/t19-/m0/s1. The van der Waals surface area contributed by atoms with E-state index in [0.717, 1.165) is 18.8 Å². The van der Waals surface area contributed by atoms with E-state index in [2.05, 4.69) is 10.2 Å². The smallest absolute Gasteiger partial charge is 0.414 e. The van der Waals surface area contributed by atoms with Gasteiger partial charge in [-0.3, -0.25) is 19.4 Å². The van der Waals surface area contributed by atoms with E-state index >= 15 is 0 Å². The van der Waals surface area contributed by atoms with Crippen molar-refractivity contribution in [2.24, 2.45) is 0 Å². The van der Waals surface area contributed by atoms with Crippen LogP contribution in [0.5, 0.6) is 0 Å². The van der Waals surface area contributed by atoms with Crippen molar-refractivity contribution in [1.29, 1.82) is 0 Å². The number of carbonyl (C=O) groups is 3. The molecule has 3 heterocycles. The van der Waals surface area contributed by atoms with Crippen molar-refractivity contribution >= 4 is 29.7 Å². The number of aldehydes is 1. The molecule has 170 valence electrons. The highest BCUT2D eigenvalue weighted by Crippen LogP contribution is 2.28. The molecule has 4 rings (SSSR count). The predicted molar refractivity (Wildman–Crippen MR) is 114 cm³/mol. The van der Waals surface area contributed by atoms with Gasteiger partial charge in [-0.05, 0) is 30.3 Å². The van der Waals surface area contributed by atoms with Gasteiger partial charge in [0.1, 0.15) is 17.7 Å². The normalized spacial score (nSPS) is 19.2. The van der Waals surface area contributed by atoms with Crippen LogP contribution in [-0.4, -0.2) is 68.6 Å². The molecule has 2 saturated heterocycles. The van der Waals surface area contributed by atoms with Crippen LogP contribution in [0.4, 0.5) is 20.6 Å². The van der Waals surface area contributed by atoms with Crippen LogP contribution in [0, 0.1) is 5.82 Å². The van der Waals surface area contributed by atoms with Crippen molar-refractivity contribution in [3.63, 3.8) is 0 Å². The minimum Gasteiger partial charge on any atom is -0.457 e. The summed E-state index contributed by atoms with van der Waals surface area (Å²) in [4.78, 5) is 39.5. The van der Waals surface area contributed by atoms with E-state index < -0.39 is 18.0 Å². The van der Waals surface area contributed by atoms with Gasteiger partial charge < -0.3 is 19.4 Å². The fraction of sp³-hybridized carbons (Fsp3) is 0.409. The van der Waals surface area contributed by atoms with E-state index in [-0.39, 0.29) is 19.0 Å². The highest BCUT2D eigenvalue weighted by atomic mass is 19.1. The summed E-state index contributed by atoms with van der Waals surface area (Å²) in [7, 11) is 0. The predicted octanol–water partition coefficient (Wildman–Crippen LogP) is 2.01. The van der Waals surface area contributed by atoms with Gasteiger partial charge in [-0.2, -0.15) is 0 Å². The number of halogens is 1. The molecular formula is C22H25FN4O5. The Kier molecular flexibility index (Phi) is 6.40. The third-order valence-corrected chi connectivity index (χ3v) is 5.59. The molecule has 1 aromatic heterocycles. The van der Waals surface area contributed by atoms with Gasteiger partial charge in [0, 0.05) is 33.1 Å². The van der Waals surface area contributed by atoms with Gasteiger partial charge in [-0.1, -0.05) is 0 Å². The number of amides is 2.